The van der Waals surface area contributed by atoms with Crippen LogP contribution in [-0.4, -0.2) is 20.0 Å². The zero-order valence-corrected chi connectivity index (χ0v) is 15.4. The Morgan fingerprint density at radius 2 is 1.64 bits per heavy atom. The summed E-state index contributed by atoms with van der Waals surface area (Å²) < 4.78 is 35.2. The van der Waals surface area contributed by atoms with Crippen LogP contribution in [0.2, 0.25) is 0 Å². The summed E-state index contributed by atoms with van der Waals surface area (Å²) in [6.07, 6.45) is 0. The number of nitrogens with zero attached hydrogens (tertiary/aromatic N) is 1. The molecule has 0 N–H and O–H groups in total. The van der Waals surface area contributed by atoms with Gasteiger partial charge < -0.3 is 8.92 Å². The number of rotatable bonds is 6. The standard InChI is InChI=1S/C18H17NO4S2/c1-3-22-15-8-10-17(11-9-15)25(20,21)23-16-6-4-14(5-7-16)18-19-13(2)12-24-18/h4-12H,3H2,1-2H3. The lowest BCUT2D eigenvalue weighted by Gasteiger charge is -2.08. The van der Waals surface area contributed by atoms with Crippen LogP contribution in [-0.2, 0) is 10.1 Å². The van der Waals surface area contributed by atoms with E-state index >= 15 is 0 Å². The van der Waals surface area contributed by atoms with Gasteiger partial charge in [-0.1, -0.05) is 0 Å². The molecule has 1 aromatic heterocycles. The summed E-state index contributed by atoms with van der Waals surface area (Å²) in [6, 6.07) is 13.0. The number of hydrogen-bond donors (Lipinski definition) is 0. The van der Waals surface area contributed by atoms with Crippen LogP contribution in [0.1, 0.15) is 12.6 Å². The van der Waals surface area contributed by atoms with E-state index in [-0.39, 0.29) is 10.6 Å². The molecule has 0 aliphatic rings. The highest BCUT2D eigenvalue weighted by Crippen LogP contribution is 2.27. The van der Waals surface area contributed by atoms with Crippen molar-refractivity contribution in [1.82, 2.24) is 4.98 Å². The average molecular weight is 375 g/mol. The molecule has 0 unspecified atom stereocenters. The Hall–Kier alpha value is -2.38. The van der Waals surface area contributed by atoms with Crippen molar-refractivity contribution in [2.75, 3.05) is 6.61 Å². The number of aromatic nitrogens is 1. The number of benzene rings is 2. The predicted octanol–water partition coefficient (Wildman–Crippen LogP) is 4.28. The number of thiazole rings is 1. The second kappa shape index (κ2) is 7.25. The van der Waals surface area contributed by atoms with Crippen LogP contribution < -0.4 is 8.92 Å². The Balaban J connectivity index is 1.76. The van der Waals surface area contributed by atoms with E-state index in [1.54, 1.807) is 47.7 Å². The van der Waals surface area contributed by atoms with Gasteiger partial charge in [-0.15, -0.1) is 11.3 Å². The normalized spacial score (nSPS) is 11.3. The molecular formula is C18H17NO4S2. The molecule has 0 amide bonds. The molecule has 0 aliphatic carbocycles. The van der Waals surface area contributed by atoms with Crippen LogP contribution in [0.25, 0.3) is 10.6 Å². The van der Waals surface area contributed by atoms with E-state index in [9.17, 15) is 8.42 Å². The third kappa shape index (κ3) is 4.18. The molecule has 3 aromatic rings. The first-order valence-corrected chi connectivity index (χ1v) is 9.96. The Morgan fingerprint density at radius 3 is 2.20 bits per heavy atom. The minimum atomic E-state index is -3.89. The van der Waals surface area contributed by atoms with Gasteiger partial charge in [-0.05, 0) is 62.4 Å². The van der Waals surface area contributed by atoms with Gasteiger partial charge in [0, 0.05) is 16.6 Å². The van der Waals surface area contributed by atoms with Gasteiger partial charge in [0.25, 0.3) is 0 Å². The quantitative estimate of drug-likeness (QED) is 0.602. The first kappa shape index (κ1) is 17.4. The van der Waals surface area contributed by atoms with Crippen molar-refractivity contribution in [3.8, 4) is 22.1 Å². The van der Waals surface area contributed by atoms with Crippen molar-refractivity contribution in [2.24, 2.45) is 0 Å². The van der Waals surface area contributed by atoms with Crippen LogP contribution in [0.3, 0.4) is 0 Å². The van der Waals surface area contributed by atoms with Crippen molar-refractivity contribution in [3.63, 3.8) is 0 Å². The van der Waals surface area contributed by atoms with Crippen LogP contribution in [0.4, 0.5) is 0 Å². The molecule has 7 heteroatoms. The van der Waals surface area contributed by atoms with Crippen molar-refractivity contribution < 1.29 is 17.3 Å². The molecule has 1 heterocycles. The highest BCUT2D eigenvalue weighted by molar-refractivity contribution is 7.87. The van der Waals surface area contributed by atoms with Gasteiger partial charge in [-0.2, -0.15) is 8.42 Å². The van der Waals surface area contributed by atoms with Gasteiger partial charge in [0.2, 0.25) is 0 Å². The molecule has 0 atom stereocenters. The topological polar surface area (TPSA) is 65.5 Å². The summed E-state index contributed by atoms with van der Waals surface area (Å²) in [6.45, 7) is 4.32. The van der Waals surface area contributed by atoms with Crippen molar-refractivity contribution in [2.45, 2.75) is 18.7 Å². The van der Waals surface area contributed by atoms with Gasteiger partial charge in [0.15, 0.2) is 0 Å². The van der Waals surface area contributed by atoms with E-state index in [4.69, 9.17) is 8.92 Å². The lowest BCUT2D eigenvalue weighted by molar-refractivity contribution is 0.340. The lowest BCUT2D eigenvalue weighted by Crippen LogP contribution is -2.09. The van der Waals surface area contributed by atoms with E-state index in [1.807, 2.05) is 19.2 Å². The van der Waals surface area contributed by atoms with E-state index in [1.165, 1.54) is 12.1 Å². The average Bonchev–Trinajstić information content (AvgIpc) is 3.02. The summed E-state index contributed by atoms with van der Waals surface area (Å²) in [4.78, 5) is 4.48. The fourth-order valence-electron chi connectivity index (χ4n) is 2.18. The number of ether oxygens (including phenoxy) is 1. The molecule has 25 heavy (non-hydrogen) atoms. The third-order valence-electron chi connectivity index (χ3n) is 3.35. The van der Waals surface area contributed by atoms with E-state index < -0.39 is 10.1 Å². The van der Waals surface area contributed by atoms with Crippen LogP contribution in [0.15, 0.2) is 58.8 Å². The van der Waals surface area contributed by atoms with Crippen LogP contribution in [0.5, 0.6) is 11.5 Å². The second-order valence-corrected chi connectivity index (χ2v) is 7.66. The van der Waals surface area contributed by atoms with Gasteiger partial charge in [0.1, 0.15) is 21.4 Å². The van der Waals surface area contributed by atoms with Crippen LogP contribution in [0, 0.1) is 6.92 Å². The monoisotopic (exact) mass is 375 g/mol. The SMILES string of the molecule is CCOc1ccc(S(=O)(=O)Oc2ccc(-c3nc(C)cs3)cc2)cc1. The highest BCUT2D eigenvalue weighted by Gasteiger charge is 2.17. The minimum absolute atomic E-state index is 0.0792. The van der Waals surface area contributed by atoms with E-state index in [2.05, 4.69) is 4.98 Å². The summed E-state index contributed by atoms with van der Waals surface area (Å²) in [5.74, 6) is 0.871. The highest BCUT2D eigenvalue weighted by atomic mass is 32.2. The Kier molecular flexibility index (Phi) is 5.06. The fourth-order valence-corrected chi connectivity index (χ4v) is 3.92. The molecule has 0 radical (unpaired) electrons. The smallest absolute Gasteiger partial charge is 0.339 e. The number of aryl methyl sites for hydroxylation is 1. The molecule has 0 bridgehead atoms. The molecule has 0 saturated carbocycles. The Bertz CT molecular complexity index is 946. The van der Waals surface area contributed by atoms with Crippen molar-refractivity contribution >= 4 is 21.5 Å². The second-order valence-electron chi connectivity index (χ2n) is 5.26. The molecule has 0 saturated heterocycles. The fraction of sp³-hybridized carbons (Fsp3) is 0.167. The third-order valence-corrected chi connectivity index (χ3v) is 5.62. The molecule has 2 aromatic carbocycles. The van der Waals surface area contributed by atoms with E-state index in [0.717, 1.165) is 16.3 Å². The van der Waals surface area contributed by atoms with Crippen molar-refractivity contribution in [3.05, 3.63) is 59.6 Å². The summed E-state index contributed by atoms with van der Waals surface area (Å²) >= 11 is 1.54. The molecular weight excluding hydrogens is 358 g/mol. The largest absolute Gasteiger partial charge is 0.494 e. The minimum Gasteiger partial charge on any atom is -0.494 e. The molecule has 5 nitrogen and oxygen atoms in total. The summed E-state index contributed by atoms with van der Waals surface area (Å²) in [5, 5.41) is 2.86. The summed E-state index contributed by atoms with van der Waals surface area (Å²) in [5.41, 5.74) is 1.88. The zero-order valence-electron chi connectivity index (χ0n) is 13.8. The number of hydrogen-bond acceptors (Lipinski definition) is 6. The van der Waals surface area contributed by atoms with Gasteiger partial charge in [-0.3, -0.25) is 0 Å². The van der Waals surface area contributed by atoms with Gasteiger partial charge in [-0.25, -0.2) is 4.98 Å². The van der Waals surface area contributed by atoms with Crippen LogP contribution >= 0.6 is 11.3 Å². The molecule has 130 valence electrons. The van der Waals surface area contributed by atoms with Gasteiger partial charge in [0.05, 0.1) is 6.61 Å². The molecule has 3 rings (SSSR count). The van der Waals surface area contributed by atoms with Crippen molar-refractivity contribution in [1.29, 1.82) is 0 Å². The maximum atomic E-state index is 12.4. The first-order valence-electron chi connectivity index (χ1n) is 7.68. The van der Waals surface area contributed by atoms with Gasteiger partial charge >= 0.3 is 10.1 Å². The molecule has 0 spiro atoms. The first-order chi connectivity index (χ1) is 12.0. The lowest BCUT2D eigenvalue weighted by atomic mass is 10.2. The molecule has 0 fully saturated rings. The maximum Gasteiger partial charge on any atom is 0.339 e. The molecule has 0 aliphatic heterocycles. The van der Waals surface area contributed by atoms with E-state index in [0.29, 0.717) is 12.4 Å². The Morgan fingerprint density at radius 1 is 1.00 bits per heavy atom. The zero-order chi connectivity index (χ0) is 17.9. The Labute approximate surface area is 151 Å². The predicted molar refractivity (Wildman–Crippen MR) is 97.7 cm³/mol. The maximum absolute atomic E-state index is 12.4. The summed E-state index contributed by atoms with van der Waals surface area (Å²) in [7, 11) is -3.89.